The molecule has 0 aromatic heterocycles. The number of amides is 2. The van der Waals surface area contributed by atoms with Crippen molar-refractivity contribution in [3.8, 4) is 0 Å². The summed E-state index contributed by atoms with van der Waals surface area (Å²) >= 11 is 2.83. The quantitative estimate of drug-likeness (QED) is 0.713. The van der Waals surface area contributed by atoms with Crippen molar-refractivity contribution in [2.75, 3.05) is 5.32 Å². The molecule has 0 radical (unpaired) electrons. The van der Waals surface area contributed by atoms with E-state index in [4.69, 9.17) is 5.11 Å². The first-order chi connectivity index (χ1) is 9.47. The number of halogens is 5. The highest BCUT2D eigenvalue weighted by Gasteiger charge is 2.58. The predicted octanol–water partition coefficient (Wildman–Crippen LogP) is 3.12. The van der Waals surface area contributed by atoms with Gasteiger partial charge in [0.1, 0.15) is 5.82 Å². The predicted molar refractivity (Wildman–Crippen MR) is 68.4 cm³/mol. The van der Waals surface area contributed by atoms with Gasteiger partial charge in [0.25, 0.3) is 0 Å². The molecule has 1 unspecified atom stereocenters. The molecular weight excluding hydrogens is 364 g/mol. The van der Waals surface area contributed by atoms with Crippen LogP contribution in [0.1, 0.15) is 6.92 Å². The summed E-state index contributed by atoms with van der Waals surface area (Å²) in [6.07, 6.45) is -5.19. The monoisotopic (exact) mass is 372 g/mol. The number of aliphatic carboxylic acids is 1. The van der Waals surface area contributed by atoms with Gasteiger partial charge in [-0.15, -0.1) is 0 Å². The van der Waals surface area contributed by atoms with E-state index in [1.807, 2.05) is 5.32 Å². The average Bonchev–Trinajstić information content (AvgIpc) is 2.32. The fourth-order valence-electron chi connectivity index (χ4n) is 1.21. The van der Waals surface area contributed by atoms with Gasteiger partial charge in [-0.1, -0.05) is 0 Å². The standard InChI is InChI=1S/C11H9BrF4N2O3/c1-10(8(19)20,11(14,15)16)18-9(21)17-5-2-3-7(13)6(12)4-5/h2-4H,1H3,(H,19,20)(H2,17,18,21). The number of nitrogens with one attached hydrogen (secondary N) is 2. The van der Waals surface area contributed by atoms with Crippen LogP contribution in [0.3, 0.4) is 0 Å². The summed E-state index contributed by atoms with van der Waals surface area (Å²) in [6.45, 7) is 0.315. The van der Waals surface area contributed by atoms with Crippen molar-refractivity contribution in [1.29, 1.82) is 0 Å². The van der Waals surface area contributed by atoms with Crippen LogP contribution < -0.4 is 10.6 Å². The second kappa shape index (κ2) is 5.88. The molecule has 0 saturated carbocycles. The van der Waals surface area contributed by atoms with Gasteiger partial charge in [-0.05, 0) is 41.1 Å². The van der Waals surface area contributed by atoms with Crippen LogP contribution in [0.15, 0.2) is 22.7 Å². The van der Waals surface area contributed by atoms with E-state index in [9.17, 15) is 27.2 Å². The van der Waals surface area contributed by atoms with E-state index in [0.29, 0.717) is 6.92 Å². The number of rotatable bonds is 3. The largest absolute Gasteiger partial charge is 0.479 e. The smallest absolute Gasteiger partial charge is 0.422 e. The van der Waals surface area contributed by atoms with Crippen LogP contribution in [0.2, 0.25) is 0 Å². The zero-order valence-electron chi connectivity index (χ0n) is 10.4. The van der Waals surface area contributed by atoms with Crippen LogP contribution in [0, 0.1) is 5.82 Å². The van der Waals surface area contributed by atoms with Crippen LogP contribution in [-0.2, 0) is 4.79 Å². The van der Waals surface area contributed by atoms with Crippen LogP contribution in [-0.4, -0.2) is 28.8 Å². The first-order valence-corrected chi connectivity index (χ1v) is 6.11. The Morgan fingerprint density at radius 1 is 1.29 bits per heavy atom. The number of urea groups is 1. The van der Waals surface area contributed by atoms with Gasteiger partial charge in [0.15, 0.2) is 0 Å². The highest BCUT2D eigenvalue weighted by Crippen LogP contribution is 2.30. The van der Waals surface area contributed by atoms with E-state index >= 15 is 0 Å². The molecule has 0 saturated heterocycles. The molecule has 0 bridgehead atoms. The molecule has 10 heteroatoms. The molecule has 3 N–H and O–H groups in total. The zero-order valence-corrected chi connectivity index (χ0v) is 12.0. The molecule has 1 aromatic carbocycles. The second-order valence-corrected chi connectivity index (χ2v) is 4.99. The first-order valence-electron chi connectivity index (χ1n) is 5.31. The minimum atomic E-state index is -5.19. The Morgan fingerprint density at radius 2 is 1.86 bits per heavy atom. The molecule has 0 fully saturated rings. The molecule has 0 aliphatic heterocycles. The van der Waals surface area contributed by atoms with Gasteiger partial charge in [-0.3, -0.25) is 0 Å². The Morgan fingerprint density at radius 3 is 2.29 bits per heavy atom. The Labute approximate surface area is 124 Å². The Kier molecular flexibility index (Phi) is 4.82. The molecule has 2 amide bonds. The van der Waals surface area contributed by atoms with Crippen LogP contribution >= 0.6 is 15.9 Å². The van der Waals surface area contributed by atoms with Gasteiger partial charge < -0.3 is 15.7 Å². The van der Waals surface area contributed by atoms with E-state index in [1.165, 1.54) is 5.32 Å². The third-order valence-corrected chi connectivity index (χ3v) is 3.14. The zero-order chi connectivity index (χ0) is 16.4. The van der Waals surface area contributed by atoms with Gasteiger partial charge in [-0.2, -0.15) is 13.2 Å². The summed E-state index contributed by atoms with van der Waals surface area (Å²) in [4.78, 5) is 22.2. The molecule has 1 atom stereocenters. The van der Waals surface area contributed by atoms with Crippen molar-refractivity contribution in [3.63, 3.8) is 0 Å². The third-order valence-electron chi connectivity index (χ3n) is 2.54. The summed E-state index contributed by atoms with van der Waals surface area (Å²) < 4.78 is 51.0. The normalized spacial score (nSPS) is 14.2. The summed E-state index contributed by atoms with van der Waals surface area (Å²) in [5.41, 5.74) is -3.47. The molecule has 0 aliphatic rings. The lowest BCUT2D eigenvalue weighted by molar-refractivity contribution is -0.203. The van der Waals surface area contributed by atoms with Crippen molar-refractivity contribution >= 4 is 33.6 Å². The van der Waals surface area contributed by atoms with Crippen molar-refractivity contribution < 1.29 is 32.3 Å². The number of carbonyl (C=O) groups is 2. The highest BCUT2D eigenvalue weighted by molar-refractivity contribution is 9.10. The number of benzene rings is 1. The molecular formula is C11H9BrF4N2O3. The van der Waals surface area contributed by atoms with Crippen molar-refractivity contribution in [2.45, 2.75) is 18.6 Å². The van der Waals surface area contributed by atoms with E-state index < -0.39 is 29.5 Å². The summed E-state index contributed by atoms with van der Waals surface area (Å²) in [7, 11) is 0. The van der Waals surface area contributed by atoms with E-state index in [0.717, 1.165) is 18.2 Å². The van der Waals surface area contributed by atoms with Crippen molar-refractivity contribution in [3.05, 3.63) is 28.5 Å². The van der Waals surface area contributed by atoms with Crippen molar-refractivity contribution in [1.82, 2.24) is 5.32 Å². The number of carbonyl (C=O) groups excluding carboxylic acids is 1. The maximum atomic E-state index is 13.0. The van der Waals surface area contributed by atoms with Crippen molar-refractivity contribution in [2.24, 2.45) is 0 Å². The molecule has 0 spiro atoms. The van der Waals surface area contributed by atoms with Gasteiger partial charge in [0.05, 0.1) is 4.47 Å². The minimum Gasteiger partial charge on any atom is -0.479 e. The number of carboxylic acids is 1. The average molecular weight is 373 g/mol. The number of hydrogen-bond donors (Lipinski definition) is 3. The highest BCUT2D eigenvalue weighted by atomic mass is 79.9. The Hall–Kier alpha value is -1.84. The minimum absolute atomic E-state index is 0.0166. The fourth-order valence-corrected chi connectivity index (χ4v) is 1.59. The fraction of sp³-hybridized carbons (Fsp3) is 0.273. The van der Waals surface area contributed by atoms with Crippen LogP contribution in [0.4, 0.5) is 28.0 Å². The Bertz CT molecular complexity index is 579. The molecule has 0 aliphatic carbocycles. The number of alkyl halides is 3. The second-order valence-electron chi connectivity index (χ2n) is 4.14. The number of carboxylic acid groups (broad SMARTS) is 1. The first kappa shape index (κ1) is 17.2. The summed E-state index contributed by atoms with van der Waals surface area (Å²) in [6, 6.07) is 1.79. The lowest BCUT2D eigenvalue weighted by Gasteiger charge is -2.28. The van der Waals surface area contributed by atoms with Gasteiger partial charge in [0, 0.05) is 5.69 Å². The van der Waals surface area contributed by atoms with Gasteiger partial charge in [0.2, 0.25) is 5.54 Å². The topological polar surface area (TPSA) is 78.4 Å². The van der Waals surface area contributed by atoms with E-state index in [1.54, 1.807) is 0 Å². The SMILES string of the molecule is CC(NC(=O)Nc1ccc(F)c(Br)c1)(C(=O)O)C(F)(F)F. The van der Waals surface area contributed by atoms with Gasteiger partial charge >= 0.3 is 18.2 Å². The Balaban J connectivity index is 2.89. The molecule has 1 aromatic rings. The molecule has 1 rings (SSSR count). The lowest BCUT2D eigenvalue weighted by atomic mass is 10.0. The molecule has 5 nitrogen and oxygen atoms in total. The number of anilines is 1. The molecule has 21 heavy (non-hydrogen) atoms. The summed E-state index contributed by atoms with van der Waals surface area (Å²) in [5, 5.41) is 12.0. The maximum absolute atomic E-state index is 13.0. The number of hydrogen-bond acceptors (Lipinski definition) is 2. The van der Waals surface area contributed by atoms with Crippen LogP contribution in [0.25, 0.3) is 0 Å². The third kappa shape index (κ3) is 3.84. The lowest BCUT2D eigenvalue weighted by Crippen LogP contribution is -2.62. The maximum Gasteiger partial charge on any atom is 0.422 e. The van der Waals surface area contributed by atoms with E-state index in [2.05, 4.69) is 15.9 Å². The van der Waals surface area contributed by atoms with E-state index in [-0.39, 0.29) is 10.2 Å². The molecule has 116 valence electrons. The van der Waals surface area contributed by atoms with Gasteiger partial charge in [-0.25, -0.2) is 14.0 Å². The summed E-state index contributed by atoms with van der Waals surface area (Å²) in [5.74, 6) is -2.89. The van der Waals surface area contributed by atoms with Crippen LogP contribution in [0.5, 0.6) is 0 Å². The molecule has 0 heterocycles.